The van der Waals surface area contributed by atoms with E-state index >= 15 is 0 Å². The Labute approximate surface area is 118 Å². The average molecular weight is 276 g/mol. The smallest absolute Gasteiger partial charge is 0.325 e. The molecule has 0 fully saturated rings. The standard InChI is InChI=1S/C15H20N2O3/c1-4-20-11-5-6-13-12(7-11)10(9-17-13)8-15(2,16)14(18)19-3/h5-7,9,17H,4,8,16H2,1-3H3. The van der Waals surface area contributed by atoms with Gasteiger partial charge in [-0.1, -0.05) is 0 Å². The van der Waals surface area contributed by atoms with E-state index in [1.54, 1.807) is 6.92 Å². The predicted octanol–water partition coefficient (Wildman–Crippen LogP) is 2.00. The van der Waals surface area contributed by atoms with Crippen LogP contribution in [0.5, 0.6) is 5.75 Å². The zero-order valence-corrected chi connectivity index (χ0v) is 12.0. The van der Waals surface area contributed by atoms with Crippen molar-refractivity contribution in [3.8, 4) is 5.75 Å². The number of carbonyl (C=O) groups excluding carboxylic acids is 1. The number of esters is 1. The molecule has 0 saturated carbocycles. The van der Waals surface area contributed by atoms with E-state index in [1.165, 1.54) is 7.11 Å². The summed E-state index contributed by atoms with van der Waals surface area (Å²) in [7, 11) is 1.34. The second-order valence-corrected chi connectivity index (χ2v) is 5.04. The number of carbonyl (C=O) groups is 1. The van der Waals surface area contributed by atoms with Crippen LogP contribution >= 0.6 is 0 Å². The summed E-state index contributed by atoms with van der Waals surface area (Å²) in [6.45, 7) is 4.22. The minimum absolute atomic E-state index is 0.398. The van der Waals surface area contributed by atoms with Crippen LogP contribution in [-0.2, 0) is 16.0 Å². The van der Waals surface area contributed by atoms with Crippen LogP contribution in [0.1, 0.15) is 19.4 Å². The molecule has 1 unspecified atom stereocenters. The number of fused-ring (bicyclic) bond motifs is 1. The van der Waals surface area contributed by atoms with Crippen molar-refractivity contribution in [3.05, 3.63) is 30.0 Å². The summed E-state index contributed by atoms with van der Waals surface area (Å²) in [6.07, 6.45) is 2.27. The number of aromatic amines is 1. The van der Waals surface area contributed by atoms with Crippen LogP contribution in [0.25, 0.3) is 10.9 Å². The monoisotopic (exact) mass is 276 g/mol. The molecule has 0 saturated heterocycles. The third kappa shape index (κ3) is 2.77. The Hall–Kier alpha value is -2.01. The summed E-state index contributed by atoms with van der Waals surface area (Å²) < 4.78 is 10.2. The normalized spacial score (nSPS) is 14.0. The maximum atomic E-state index is 11.7. The van der Waals surface area contributed by atoms with Crippen LogP contribution < -0.4 is 10.5 Å². The Morgan fingerprint density at radius 2 is 2.20 bits per heavy atom. The van der Waals surface area contributed by atoms with Crippen molar-refractivity contribution >= 4 is 16.9 Å². The number of methoxy groups -OCH3 is 1. The second kappa shape index (κ2) is 5.54. The van der Waals surface area contributed by atoms with E-state index < -0.39 is 11.5 Å². The summed E-state index contributed by atoms with van der Waals surface area (Å²) in [5, 5.41) is 1.01. The molecule has 108 valence electrons. The molecule has 0 amide bonds. The molecule has 3 N–H and O–H groups in total. The Balaban J connectivity index is 2.34. The maximum Gasteiger partial charge on any atom is 0.325 e. The molecule has 1 aromatic heterocycles. The molecule has 0 bridgehead atoms. The minimum Gasteiger partial charge on any atom is -0.494 e. The Bertz CT molecular complexity index is 617. The first kappa shape index (κ1) is 14.4. The molecule has 5 nitrogen and oxygen atoms in total. The van der Waals surface area contributed by atoms with Gasteiger partial charge in [0, 0.05) is 23.5 Å². The molecule has 20 heavy (non-hydrogen) atoms. The van der Waals surface area contributed by atoms with Gasteiger partial charge in [-0.3, -0.25) is 4.79 Å². The summed E-state index contributed by atoms with van der Waals surface area (Å²) in [5.41, 5.74) is 6.94. The van der Waals surface area contributed by atoms with Crippen LogP contribution in [0, 0.1) is 0 Å². The van der Waals surface area contributed by atoms with Crippen LogP contribution in [0.15, 0.2) is 24.4 Å². The van der Waals surface area contributed by atoms with Crippen molar-refractivity contribution in [2.24, 2.45) is 5.73 Å². The topological polar surface area (TPSA) is 77.3 Å². The fraction of sp³-hybridized carbons (Fsp3) is 0.400. The fourth-order valence-corrected chi connectivity index (χ4v) is 2.26. The number of H-pyrrole nitrogens is 1. The van der Waals surface area contributed by atoms with Gasteiger partial charge in [0.05, 0.1) is 13.7 Å². The summed E-state index contributed by atoms with van der Waals surface area (Å²) >= 11 is 0. The van der Waals surface area contributed by atoms with Gasteiger partial charge in [-0.15, -0.1) is 0 Å². The molecule has 1 heterocycles. The first-order valence-corrected chi connectivity index (χ1v) is 6.58. The van der Waals surface area contributed by atoms with E-state index in [0.29, 0.717) is 13.0 Å². The number of aromatic nitrogens is 1. The summed E-state index contributed by atoms with van der Waals surface area (Å²) in [6, 6.07) is 5.82. The number of rotatable bonds is 5. The third-order valence-corrected chi connectivity index (χ3v) is 3.26. The van der Waals surface area contributed by atoms with E-state index in [-0.39, 0.29) is 0 Å². The van der Waals surface area contributed by atoms with Crippen LogP contribution in [0.2, 0.25) is 0 Å². The SMILES string of the molecule is CCOc1ccc2[nH]cc(CC(C)(N)C(=O)OC)c2c1. The highest BCUT2D eigenvalue weighted by atomic mass is 16.5. The molecule has 2 rings (SSSR count). The van der Waals surface area contributed by atoms with Crippen LogP contribution in [0.3, 0.4) is 0 Å². The molecule has 0 aliphatic heterocycles. The maximum absolute atomic E-state index is 11.7. The molecular weight excluding hydrogens is 256 g/mol. The van der Waals surface area contributed by atoms with Crippen molar-refractivity contribution < 1.29 is 14.3 Å². The molecule has 5 heteroatoms. The molecule has 1 atom stereocenters. The lowest BCUT2D eigenvalue weighted by Crippen LogP contribution is -2.47. The van der Waals surface area contributed by atoms with E-state index in [4.69, 9.17) is 15.2 Å². The second-order valence-electron chi connectivity index (χ2n) is 5.04. The lowest BCUT2D eigenvalue weighted by atomic mass is 9.94. The highest BCUT2D eigenvalue weighted by Crippen LogP contribution is 2.26. The minimum atomic E-state index is -1.05. The molecule has 0 aliphatic rings. The Morgan fingerprint density at radius 3 is 2.85 bits per heavy atom. The van der Waals surface area contributed by atoms with E-state index in [9.17, 15) is 4.79 Å². The van der Waals surface area contributed by atoms with Crippen molar-refractivity contribution in [1.29, 1.82) is 0 Å². The zero-order chi connectivity index (χ0) is 14.8. The number of nitrogens with two attached hydrogens (primary N) is 1. The van der Waals surface area contributed by atoms with E-state index in [2.05, 4.69) is 4.98 Å². The Morgan fingerprint density at radius 1 is 1.45 bits per heavy atom. The Kier molecular flexibility index (Phi) is 3.99. The average Bonchev–Trinajstić information content (AvgIpc) is 2.80. The van der Waals surface area contributed by atoms with Gasteiger partial charge in [0.1, 0.15) is 11.3 Å². The summed E-state index contributed by atoms with van der Waals surface area (Å²) in [4.78, 5) is 14.9. The van der Waals surface area contributed by atoms with E-state index in [1.807, 2.05) is 31.3 Å². The van der Waals surface area contributed by atoms with Crippen molar-refractivity contribution in [1.82, 2.24) is 4.98 Å². The van der Waals surface area contributed by atoms with Crippen molar-refractivity contribution in [2.75, 3.05) is 13.7 Å². The van der Waals surface area contributed by atoms with E-state index in [0.717, 1.165) is 22.2 Å². The first-order valence-electron chi connectivity index (χ1n) is 6.58. The van der Waals surface area contributed by atoms with Gasteiger partial charge >= 0.3 is 5.97 Å². The predicted molar refractivity (Wildman–Crippen MR) is 77.8 cm³/mol. The largest absolute Gasteiger partial charge is 0.494 e. The van der Waals surface area contributed by atoms with Gasteiger partial charge < -0.3 is 20.2 Å². The summed E-state index contributed by atoms with van der Waals surface area (Å²) in [5.74, 6) is 0.380. The van der Waals surface area contributed by atoms with Crippen LogP contribution in [0.4, 0.5) is 0 Å². The highest BCUT2D eigenvalue weighted by Gasteiger charge is 2.30. The number of hydrogen-bond donors (Lipinski definition) is 2. The lowest BCUT2D eigenvalue weighted by Gasteiger charge is -2.20. The molecule has 1 aromatic carbocycles. The van der Waals surface area contributed by atoms with Gasteiger partial charge in [-0.2, -0.15) is 0 Å². The molecular formula is C15H20N2O3. The van der Waals surface area contributed by atoms with Crippen molar-refractivity contribution in [2.45, 2.75) is 25.8 Å². The number of nitrogens with one attached hydrogen (secondary N) is 1. The fourth-order valence-electron chi connectivity index (χ4n) is 2.26. The highest BCUT2D eigenvalue weighted by molar-refractivity contribution is 5.87. The number of hydrogen-bond acceptors (Lipinski definition) is 4. The molecule has 0 spiro atoms. The van der Waals surface area contributed by atoms with Gasteiger partial charge in [0.2, 0.25) is 0 Å². The molecule has 0 aliphatic carbocycles. The van der Waals surface area contributed by atoms with Gasteiger partial charge in [-0.05, 0) is 37.6 Å². The van der Waals surface area contributed by atoms with Crippen molar-refractivity contribution in [3.63, 3.8) is 0 Å². The number of ether oxygens (including phenoxy) is 2. The van der Waals surface area contributed by atoms with Crippen LogP contribution in [-0.4, -0.2) is 30.2 Å². The number of benzene rings is 1. The van der Waals surface area contributed by atoms with Gasteiger partial charge in [0.15, 0.2) is 0 Å². The quantitative estimate of drug-likeness (QED) is 0.819. The van der Waals surface area contributed by atoms with Gasteiger partial charge in [-0.25, -0.2) is 0 Å². The lowest BCUT2D eigenvalue weighted by molar-refractivity contribution is -0.146. The molecule has 0 radical (unpaired) electrons. The first-order chi connectivity index (χ1) is 9.47. The third-order valence-electron chi connectivity index (χ3n) is 3.26. The molecule has 2 aromatic rings. The van der Waals surface area contributed by atoms with Gasteiger partial charge in [0.25, 0.3) is 0 Å². The zero-order valence-electron chi connectivity index (χ0n) is 12.0.